The van der Waals surface area contributed by atoms with Gasteiger partial charge in [0.1, 0.15) is 19.8 Å². The van der Waals surface area contributed by atoms with Crippen LogP contribution in [0.4, 0.5) is 17.1 Å². The molecule has 1 saturated heterocycles. The van der Waals surface area contributed by atoms with Crippen LogP contribution in [0.2, 0.25) is 0 Å². The summed E-state index contributed by atoms with van der Waals surface area (Å²) in [6, 6.07) is 12.4. The smallest absolute Gasteiger partial charge is 0.245 e. The molecule has 2 aliphatic heterocycles. The summed E-state index contributed by atoms with van der Waals surface area (Å²) >= 11 is 0. The van der Waals surface area contributed by atoms with E-state index in [1.165, 1.54) is 0 Å². The fraction of sp³-hybridized carbons (Fsp3) is 0.409. The van der Waals surface area contributed by atoms with E-state index >= 15 is 0 Å². The molecule has 2 aromatic carbocycles. The normalized spacial score (nSPS) is 15.8. The fourth-order valence-electron chi connectivity index (χ4n) is 3.60. The Labute approximate surface area is 187 Å². The third-order valence-corrected chi connectivity index (χ3v) is 7.07. The van der Waals surface area contributed by atoms with Crippen LogP contribution < -0.4 is 24.0 Å². The van der Waals surface area contributed by atoms with Crippen LogP contribution in [-0.2, 0) is 19.6 Å². The van der Waals surface area contributed by atoms with Crippen molar-refractivity contribution in [1.29, 1.82) is 0 Å². The molecule has 2 aliphatic rings. The van der Waals surface area contributed by atoms with Crippen LogP contribution in [0.1, 0.15) is 6.92 Å². The standard InChI is InChI=1S/C22H27N3O6S/c1-2-32(27,28)25(19-7-8-20-21(15-19)31-14-13-30-20)16-22(26)23-17-3-5-18(6-4-17)24-9-11-29-12-10-24/h3-8,15H,2,9-14,16H2,1H3,(H,23,26). The average Bonchev–Trinajstić information content (AvgIpc) is 2.83. The first-order chi connectivity index (χ1) is 15.5. The van der Waals surface area contributed by atoms with Gasteiger partial charge in [0, 0.05) is 30.5 Å². The van der Waals surface area contributed by atoms with E-state index in [4.69, 9.17) is 14.2 Å². The zero-order valence-electron chi connectivity index (χ0n) is 18.0. The molecular weight excluding hydrogens is 434 g/mol. The van der Waals surface area contributed by atoms with Crippen LogP contribution in [0.3, 0.4) is 0 Å². The molecule has 0 bridgehead atoms. The first kappa shape index (κ1) is 22.2. The van der Waals surface area contributed by atoms with Gasteiger partial charge in [0.2, 0.25) is 15.9 Å². The number of benzene rings is 2. The van der Waals surface area contributed by atoms with Gasteiger partial charge in [-0.1, -0.05) is 0 Å². The zero-order valence-corrected chi connectivity index (χ0v) is 18.8. The van der Waals surface area contributed by atoms with E-state index in [0.29, 0.717) is 49.3 Å². The number of nitrogens with zero attached hydrogens (tertiary/aromatic N) is 2. The lowest BCUT2D eigenvalue weighted by molar-refractivity contribution is -0.114. The Hall–Kier alpha value is -2.98. The van der Waals surface area contributed by atoms with Crippen molar-refractivity contribution in [2.45, 2.75) is 6.92 Å². The van der Waals surface area contributed by atoms with Crippen molar-refractivity contribution >= 4 is 33.0 Å². The van der Waals surface area contributed by atoms with Gasteiger partial charge in [-0.2, -0.15) is 0 Å². The van der Waals surface area contributed by atoms with Gasteiger partial charge in [-0.25, -0.2) is 8.42 Å². The molecule has 2 heterocycles. The van der Waals surface area contributed by atoms with Gasteiger partial charge >= 0.3 is 0 Å². The van der Waals surface area contributed by atoms with Crippen LogP contribution >= 0.6 is 0 Å². The number of carbonyl (C=O) groups is 1. The summed E-state index contributed by atoms with van der Waals surface area (Å²) < 4.78 is 43.0. The van der Waals surface area contributed by atoms with Gasteiger partial charge < -0.3 is 24.4 Å². The Kier molecular flexibility index (Phi) is 6.71. The van der Waals surface area contributed by atoms with Gasteiger partial charge in [0.15, 0.2) is 11.5 Å². The Morgan fingerprint density at radius 1 is 1.00 bits per heavy atom. The van der Waals surface area contributed by atoms with Gasteiger partial charge in [-0.05, 0) is 43.3 Å². The number of rotatable bonds is 7. The van der Waals surface area contributed by atoms with Crippen molar-refractivity contribution in [3.8, 4) is 11.5 Å². The summed E-state index contributed by atoms with van der Waals surface area (Å²) in [5.41, 5.74) is 2.01. The molecule has 2 aromatic rings. The number of hydrogen-bond donors (Lipinski definition) is 1. The molecule has 0 radical (unpaired) electrons. The molecule has 172 valence electrons. The summed E-state index contributed by atoms with van der Waals surface area (Å²) in [4.78, 5) is 14.9. The average molecular weight is 462 g/mol. The highest BCUT2D eigenvalue weighted by Crippen LogP contribution is 2.34. The topological polar surface area (TPSA) is 97.4 Å². The van der Waals surface area contributed by atoms with Crippen molar-refractivity contribution in [2.75, 3.05) is 66.3 Å². The molecule has 1 fully saturated rings. The van der Waals surface area contributed by atoms with E-state index in [9.17, 15) is 13.2 Å². The second kappa shape index (κ2) is 9.66. The predicted molar refractivity (Wildman–Crippen MR) is 122 cm³/mol. The number of sulfonamides is 1. The Balaban J connectivity index is 1.47. The zero-order chi connectivity index (χ0) is 22.6. The number of carbonyl (C=O) groups excluding carboxylic acids is 1. The van der Waals surface area contributed by atoms with E-state index < -0.39 is 15.9 Å². The number of nitrogens with one attached hydrogen (secondary N) is 1. The molecule has 1 N–H and O–H groups in total. The minimum atomic E-state index is -3.69. The highest BCUT2D eigenvalue weighted by Gasteiger charge is 2.25. The Morgan fingerprint density at radius 2 is 1.69 bits per heavy atom. The van der Waals surface area contributed by atoms with Crippen LogP contribution in [0.15, 0.2) is 42.5 Å². The lowest BCUT2D eigenvalue weighted by Gasteiger charge is -2.29. The molecule has 10 heteroatoms. The minimum absolute atomic E-state index is 0.136. The van der Waals surface area contributed by atoms with Crippen molar-refractivity contribution in [1.82, 2.24) is 0 Å². The summed E-state index contributed by atoms with van der Waals surface area (Å²) in [5.74, 6) is 0.446. The van der Waals surface area contributed by atoms with Crippen molar-refractivity contribution < 1.29 is 27.4 Å². The molecule has 0 saturated carbocycles. The van der Waals surface area contributed by atoms with E-state index in [1.807, 2.05) is 24.3 Å². The van der Waals surface area contributed by atoms with Gasteiger partial charge in [-0.15, -0.1) is 0 Å². The first-order valence-corrected chi connectivity index (χ1v) is 12.2. The number of morpholine rings is 1. The molecule has 4 rings (SSSR count). The monoisotopic (exact) mass is 461 g/mol. The van der Waals surface area contributed by atoms with Gasteiger partial charge in [0.05, 0.1) is 24.7 Å². The maximum absolute atomic E-state index is 12.7. The number of anilines is 3. The molecule has 9 nitrogen and oxygen atoms in total. The first-order valence-electron chi connectivity index (χ1n) is 10.6. The summed E-state index contributed by atoms with van der Waals surface area (Å²) in [5, 5.41) is 2.79. The van der Waals surface area contributed by atoms with E-state index in [1.54, 1.807) is 25.1 Å². The number of hydrogen-bond acceptors (Lipinski definition) is 7. The summed E-state index contributed by atoms with van der Waals surface area (Å²) in [7, 11) is -3.69. The number of fused-ring (bicyclic) bond motifs is 1. The number of ether oxygens (including phenoxy) is 3. The SMILES string of the molecule is CCS(=O)(=O)N(CC(=O)Nc1ccc(N2CCOCC2)cc1)c1ccc2c(c1)OCCO2. The highest BCUT2D eigenvalue weighted by molar-refractivity contribution is 7.92. The lowest BCUT2D eigenvalue weighted by atomic mass is 10.2. The molecule has 0 aliphatic carbocycles. The minimum Gasteiger partial charge on any atom is -0.486 e. The molecule has 1 amide bonds. The molecule has 32 heavy (non-hydrogen) atoms. The van der Waals surface area contributed by atoms with Crippen molar-refractivity contribution in [3.63, 3.8) is 0 Å². The Bertz CT molecular complexity index is 1050. The lowest BCUT2D eigenvalue weighted by Crippen LogP contribution is -2.39. The Morgan fingerprint density at radius 3 is 2.38 bits per heavy atom. The second-order valence-electron chi connectivity index (χ2n) is 7.43. The van der Waals surface area contributed by atoms with Crippen molar-refractivity contribution in [3.05, 3.63) is 42.5 Å². The van der Waals surface area contributed by atoms with Crippen LogP contribution in [0, 0.1) is 0 Å². The third-order valence-electron chi connectivity index (χ3n) is 5.33. The second-order valence-corrected chi connectivity index (χ2v) is 9.61. The largest absolute Gasteiger partial charge is 0.486 e. The fourth-order valence-corrected chi connectivity index (χ4v) is 4.66. The number of amides is 1. The summed E-state index contributed by atoms with van der Waals surface area (Å²) in [6.07, 6.45) is 0. The molecule has 0 spiro atoms. The van der Waals surface area contributed by atoms with E-state index in [-0.39, 0.29) is 12.3 Å². The van der Waals surface area contributed by atoms with Crippen molar-refractivity contribution in [2.24, 2.45) is 0 Å². The van der Waals surface area contributed by atoms with Gasteiger partial charge in [0.25, 0.3) is 0 Å². The maximum Gasteiger partial charge on any atom is 0.245 e. The maximum atomic E-state index is 12.7. The van der Waals surface area contributed by atoms with E-state index in [2.05, 4.69) is 10.2 Å². The summed E-state index contributed by atoms with van der Waals surface area (Å²) in [6.45, 7) is 5.06. The molecular formula is C22H27N3O6S. The molecule has 0 unspecified atom stereocenters. The van der Waals surface area contributed by atoms with E-state index in [0.717, 1.165) is 23.1 Å². The molecule has 0 atom stereocenters. The van der Waals surface area contributed by atoms with Gasteiger partial charge in [-0.3, -0.25) is 9.10 Å². The van der Waals surface area contributed by atoms with Crippen LogP contribution in [-0.4, -0.2) is 66.1 Å². The molecule has 0 aromatic heterocycles. The van der Waals surface area contributed by atoms with Crippen LogP contribution in [0.25, 0.3) is 0 Å². The third kappa shape index (κ3) is 5.08. The predicted octanol–water partition coefficient (Wildman–Crippen LogP) is 2.09. The quantitative estimate of drug-likeness (QED) is 0.674. The van der Waals surface area contributed by atoms with Crippen LogP contribution in [0.5, 0.6) is 11.5 Å². The highest BCUT2D eigenvalue weighted by atomic mass is 32.2.